The van der Waals surface area contributed by atoms with E-state index in [-0.39, 0.29) is 5.76 Å². The van der Waals surface area contributed by atoms with Gasteiger partial charge in [0.1, 0.15) is 5.76 Å². The Kier molecular flexibility index (Phi) is 3.34. The van der Waals surface area contributed by atoms with Gasteiger partial charge in [-0.2, -0.15) is 5.26 Å². The second-order valence-electron chi connectivity index (χ2n) is 2.44. The van der Waals surface area contributed by atoms with E-state index in [9.17, 15) is 5.11 Å². The molecule has 0 aliphatic heterocycles. The molecule has 2 nitrogen and oxygen atoms in total. The molecule has 0 aromatic heterocycles. The quantitative estimate of drug-likeness (QED) is 0.422. The molecule has 0 atom stereocenters. The highest BCUT2D eigenvalue weighted by Crippen LogP contribution is 2.04. The minimum atomic E-state index is 0.0766. The van der Waals surface area contributed by atoms with Crippen LogP contribution < -0.4 is 0 Å². The molecule has 0 saturated heterocycles. The minimum absolute atomic E-state index is 0.0766. The van der Waals surface area contributed by atoms with E-state index in [1.807, 2.05) is 30.3 Å². The molecule has 1 aromatic carbocycles. The van der Waals surface area contributed by atoms with Crippen molar-refractivity contribution in [2.24, 2.45) is 0 Å². The van der Waals surface area contributed by atoms with Crippen LogP contribution in [0.15, 0.2) is 48.2 Å². The normalized spacial score (nSPS) is 11.5. The number of rotatable bonds is 2. The van der Waals surface area contributed by atoms with Gasteiger partial charge in [0.05, 0.1) is 6.07 Å². The number of allylic oxidation sites excluding steroid dienone is 2. The van der Waals surface area contributed by atoms with E-state index >= 15 is 0 Å². The molecule has 0 heterocycles. The lowest BCUT2D eigenvalue weighted by Gasteiger charge is -1.92. The molecule has 0 amide bonds. The van der Waals surface area contributed by atoms with Crippen LogP contribution in [-0.2, 0) is 0 Å². The number of nitriles is 1. The Balaban J connectivity index is 2.78. The molecule has 1 aromatic rings. The Hall–Kier alpha value is -2.01. The summed E-state index contributed by atoms with van der Waals surface area (Å²) in [4.78, 5) is 0. The van der Waals surface area contributed by atoms with Gasteiger partial charge in [0.2, 0.25) is 0 Å². The van der Waals surface area contributed by atoms with Gasteiger partial charge in [0, 0.05) is 6.08 Å². The van der Waals surface area contributed by atoms with Crippen molar-refractivity contribution in [3.8, 4) is 6.07 Å². The largest absolute Gasteiger partial charge is 0.508 e. The molecule has 0 fully saturated rings. The molecule has 13 heavy (non-hydrogen) atoms. The van der Waals surface area contributed by atoms with Crippen molar-refractivity contribution in [3.05, 3.63) is 53.8 Å². The summed E-state index contributed by atoms with van der Waals surface area (Å²) in [6.45, 7) is 0. The molecule has 1 rings (SSSR count). The number of hydrogen-bond acceptors (Lipinski definition) is 2. The summed E-state index contributed by atoms with van der Waals surface area (Å²) in [6.07, 6.45) is 4.18. The van der Waals surface area contributed by atoms with Gasteiger partial charge in [-0.25, -0.2) is 0 Å². The van der Waals surface area contributed by atoms with Gasteiger partial charge >= 0.3 is 0 Å². The van der Waals surface area contributed by atoms with Crippen LogP contribution in [-0.4, -0.2) is 5.11 Å². The molecule has 0 saturated carbocycles. The molecule has 1 N–H and O–H groups in total. The smallest absolute Gasteiger partial charge is 0.116 e. The van der Waals surface area contributed by atoms with Crippen molar-refractivity contribution in [3.63, 3.8) is 0 Å². The molecule has 64 valence electrons. The van der Waals surface area contributed by atoms with E-state index in [1.165, 1.54) is 12.2 Å². The zero-order valence-electron chi connectivity index (χ0n) is 7.01. The summed E-state index contributed by atoms with van der Waals surface area (Å²) in [5.41, 5.74) is 0.905. The fraction of sp³-hybridized carbons (Fsp3) is 0. The van der Waals surface area contributed by atoms with Crippen LogP contribution in [0.4, 0.5) is 0 Å². The highest BCUT2D eigenvalue weighted by atomic mass is 16.3. The predicted molar refractivity (Wildman–Crippen MR) is 51.8 cm³/mol. The Bertz CT molecular complexity index is 357. The van der Waals surface area contributed by atoms with Crippen LogP contribution in [0, 0.1) is 11.3 Å². The molecule has 2 heteroatoms. The van der Waals surface area contributed by atoms with E-state index in [0.717, 1.165) is 5.56 Å². The van der Waals surface area contributed by atoms with Crippen LogP contribution in [0.2, 0.25) is 0 Å². The van der Waals surface area contributed by atoms with Crippen LogP contribution in [0.5, 0.6) is 0 Å². The third kappa shape index (κ3) is 3.26. The lowest BCUT2D eigenvalue weighted by molar-refractivity contribution is 0.438. The molecular formula is C11H9NO. The summed E-state index contributed by atoms with van der Waals surface area (Å²) in [7, 11) is 0. The van der Waals surface area contributed by atoms with Crippen molar-refractivity contribution >= 4 is 6.08 Å². The third-order valence-corrected chi connectivity index (χ3v) is 1.44. The molecule has 0 unspecified atom stereocenters. The standard InChI is InChI=1S/C11H9NO/c12-8-4-7-11(13)9-10-5-2-1-3-6-10/h1-7,9,13H. The second kappa shape index (κ2) is 4.78. The first-order chi connectivity index (χ1) is 6.33. The predicted octanol–water partition coefficient (Wildman–Crippen LogP) is 2.67. The average Bonchev–Trinajstić information content (AvgIpc) is 2.16. The molecular weight excluding hydrogens is 162 g/mol. The first-order valence-electron chi connectivity index (χ1n) is 3.85. The highest BCUT2D eigenvalue weighted by molar-refractivity contribution is 5.53. The second-order valence-corrected chi connectivity index (χ2v) is 2.44. The first kappa shape index (κ1) is 9.08. The summed E-state index contributed by atoms with van der Waals surface area (Å²) in [6, 6.07) is 11.2. The number of hydrogen-bond donors (Lipinski definition) is 1. The summed E-state index contributed by atoms with van der Waals surface area (Å²) in [5, 5.41) is 17.5. The fourth-order valence-electron chi connectivity index (χ4n) is 0.891. The van der Waals surface area contributed by atoms with Crippen molar-refractivity contribution in [1.29, 1.82) is 5.26 Å². The maximum Gasteiger partial charge on any atom is 0.116 e. The van der Waals surface area contributed by atoms with Crippen LogP contribution in [0.25, 0.3) is 6.08 Å². The minimum Gasteiger partial charge on any atom is -0.508 e. The molecule has 0 bridgehead atoms. The van der Waals surface area contributed by atoms with Gasteiger partial charge in [-0.15, -0.1) is 0 Å². The Morgan fingerprint density at radius 1 is 1.31 bits per heavy atom. The SMILES string of the molecule is N#CC=CC(O)=Cc1ccccc1. The van der Waals surface area contributed by atoms with E-state index in [1.54, 1.807) is 12.1 Å². The lowest BCUT2D eigenvalue weighted by Crippen LogP contribution is -1.75. The van der Waals surface area contributed by atoms with Crippen molar-refractivity contribution < 1.29 is 5.11 Å². The zero-order chi connectivity index (χ0) is 9.52. The third-order valence-electron chi connectivity index (χ3n) is 1.44. The molecule has 0 spiro atoms. The zero-order valence-corrected chi connectivity index (χ0v) is 7.01. The van der Waals surface area contributed by atoms with E-state index < -0.39 is 0 Å². The van der Waals surface area contributed by atoms with Crippen molar-refractivity contribution in [2.75, 3.05) is 0 Å². The maximum atomic E-state index is 9.26. The van der Waals surface area contributed by atoms with E-state index in [0.29, 0.717) is 0 Å². The van der Waals surface area contributed by atoms with Crippen LogP contribution >= 0.6 is 0 Å². The lowest BCUT2D eigenvalue weighted by atomic mass is 10.2. The van der Waals surface area contributed by atoms with Gasteiger partial charge in [0.25, 0.3) is 0 Å². The van der Waals surface area contributed by atoms with Crippen LogP contribution in [0.3, 0.4) is 0 Å². The summed E-state index contributed by atoms with van der Waals surface area (Å²) < 4.78 is 0. The molecule has 0 aliphatic rings. The first-order valence-corrected chi connectivity index (χ1v) is 3.85. The van der Waals surface area contributed by atoms with E-state index in [2.05, 4.69) is 0 Å². The van der Waals surface area contributed by atoms with E-state index in [4.69, 9.17) is 5.26 Å². The number of aliphatic hydroxyl groups is 1. The monoisotopic (exact) mass is 171 g/mol. The van der Waals surface area contributed by atoms with Crippen LogP contribution in [0.1, 0.15) is 5.56 Å². The topological polar surface area (TPSA) is 44.0 Å². The fourth-order valence-corrected chi connectivity index (χ4v) is 0.891. The molecule has 0 aliphatic carbocycles. The summed E-state index contributed by atoms with van der Waals surface area (Å²) in [5.74, 6) is 0.0766. The van der Waals surface area contributed by atoms with Gasteiger partial charge in [-0.05, 0) is 17.7 Å². The van der Waals surface area contributed by atoms with Gasteiger partial charge < -0.3 is 5.11 Å². The van der Waals surface area contributed by atoms with Gasteiger partial charge in [0.15, 0.2) is 0 Å². The highest BCUT2D eigenvalue weighted by Gasteiger charge is 1.87. The van der Waals surface area contributed by atoms with Gasteiger partial charge in [-0.3, -0.25) is 0 Å². The summed E-state index contributed by atoms with van der Waals surface area (Å²) >= 11 is 0. The number of benzene rings is 1. The number of aliphatic hydroxyl groups excluding tert-OH is 1. The van der Waals surface area contributed by atoms with Crippen molar-refractivity contribution in [2.45, 2.75) is 0 Å². The molecule has 0 radical (unpaired) electrons. The average molecular weight is 171 g/mol. The Morgan fingerprint density at radius 3 is 2.62 bits per heavy atom. The maximum absolute atomic E-state index is 9.26. The van der Waals surface area contributed by atoms with Gasteiger partial charge in [-0.1, -0.05) is 30.3 Å². The Morgan fingerprint density at radius 2 is 2.00 bits per heavy atom. The van der Waals surface area contributed by atoms with Crippen molar-refractivity contribution in [1.82, 2.24) is 0 Å². The Labute approximate surface area is 77.1 Å². The number of nitrogens with zero attached hydrogens (tertiary/aromatic N) is 1.